The molecule has 0 aliphatic carbocycles. The summed E-state index contributed by atoms with van der Waals surface area (Å²) in [5.41, 5.74) is 12.6. The van der Waals surface area contributed by atoms with E-state index < -0.39 is 11.8 Å². The van der Waals surface area contributed by atoms with Crippen LogP contribution in [-0.4, -0.2) is 40.1 Å². The van der Waals surface area contributed by atoms with Gasteiger partial charge in [-0.2, -0.15) is 0 Å². The maximum atomic E-state index is 14.1. The van der Waals surface area contributed by atoms with Crippen molar-refractivity contribution < 1.29 is 13.9 Å². The third-order valence-corrected chi connectivity index (χ3v) is 4.75. The molecule has 8 nitrogen and oxygen atoms in total. The summed E-state index contributed by atoms with van der Waals surface area (Å²) in [6.45, 7) is 4.38. The van der Waals surface area contributed by atoms with Crippen molar-refractivity contribution in [3.63, 3.8) is 0 Å². The Kier molecular flexibility index (Phi) is 7.15. The Labute approximate surface area is 180 Å². The molecule has 0 radical (unpaired) electrons. The molecule has 4 N–H and O–H groups in total. The predicted octanol–water partition coefficient (Wildman–Crippen LogP) is 1.91. The number of hydrogen-bond donors (Lipinski definition) is 2. The zero-order valence-corrected chi connectivity index (χ0v) is 17.5. The largest absolute Gasteiger partial charge is 0.462 e. The summed E-state index contributed by atoms with van der Waals surface area (Å²) in [7, 11) is 0. The fourth-order valence-corrected chi connectivity index (χ4v) is 3.44. The Morgan fingerprint density at radius 2 is 2.29 bits per heavy atom. The normalized spacial score (nSPS) is 17.1. The average Bonchev–Trinajstić information content (AvgIpc) is 3.23. The SMILES string of the molecule is CCOC(=O)C(=CN)c1nccc(N2CCCC2c2cc(F)cnc2C#CC(C)N)n1. The monoisotopic (exact) mass is 424 g/mol. The number of hydrogen-bond acceptors (Lipinski definition) is 8. The van der Waals surface area contributed by atoms with Crippen LogP contribution in [0.25, 0.3) is 5.57 Å². The average molecular weight is 424 g/mol. The summed E-state index contributed by atoms with van der Waals surface area (Å²) in [4.78, 5) is 27.1. The fourth-order valence-electron chi connectivity index (χ4n) is 3.44. The molecule has 0 aromatic carbocycles. The molecule has 0 spiro atoms. The predicted molar refractivity (Wildman–Crippen MR) is 115 cm³/mol. The first-order valence-corrected chi connectivity index (χ1v) is 10.1. The van der Waals surface area contributed by atoms with Crippen LogP contribution in [0.15, 0.2) is 30.7 Å². The Hall–Kier alpha value is -3.51. The second kappa shape index (κ2) is 10.00. The topological polar surface area (TPSA) is 120 Å². The van der Waals surface area contributed by atoms with Crippen LogP contribution in [0.4, 0.5) is 10.2 Å². The molecular weight excluding hydrogens is 399 g/mol. The van der Waals surface area contributed by atoms with Crippen molar-refractivity contribution in [2.24, 2.45) is 11.5 Å². The second-order valence-corrected chi connectivity index (χ2v) is 7.04. The summed E-state index contributed by atoms with van der Waals surface area (Å²) < 4.78 is 19.1. The lowest BCUT2D eigenvalue weighted by molar-refractivity contribution is -0.136. The molecule has 0 amide bonds. The molecule has 1 fully saturated rings. The number of rotatable bonds is 5. The summed E-state index contributed by atoms with van der Waals surface area (Å²) in [6, 6.07) is 2.68. The number of nitrogens with zero attached hydrogens (tertiary/aromatic N) is 4. The molecule has 0 bridgehead atoms. The van der Waals surface area contributed by atoms with E-state index in [-0.39, 0.29) is 30.1 Å². The summed E-state index contributed by atoms with van der Waals surface area (Å²) in [5, 5.41) is 0. The van der Waals surface area contributed by atoms with Crippen LogP contribution in [0, 0.1) is 17.7 Å². The van der Waals surface area contributed by atoms with E-state index in [2.05, 4.69) is 26.8 Å². The third-order valence-electron chi connectivity index (χ3n) is 4.75. The molecule has 31 heavy (non-hydrogen) atoms. The van der Waals surface area contributed by atoms with Gasteiger partial charge >= 0.3 is 5.97 Å². The van der Waals surface area contributed by atoms with Crippen molar-refractivity contribution in [1.29, 1.82) is 0 Å². The van der Waals surface area contributed by atoms with Gasteiger partial charge in [0.1, 0.15) is 22.9 Å². The Balaban J connectivity index is 1.98. The van der Waals surface area contributed by atoms with E-state index in [0.717, 1.165) is 25.2 Å². The van der Waals surface area contributed by atoms with Gasteiger partial charge in [0.25, 0.3) is 0 Å². The van der Waals surface area contributed by atoms with E-state index in [0.29, 0.717) is 23.6 Å². The number of aromatic nitrogens is 3. The molecule has 1 saturated heterocycles. The van der Waals surface area contributed by atoms with Crippen molar-refractivity contribution in [2.45, 2.75) is 38.8 Å². The first kappa shape index (κ1) is 22.2. The van der Waals surface area contributed by atoms with Gasteiger partial charge in [0.15, 0.2) is 5.82 Å². The van der Waals surface area contributed by atoms with E-state index in [1.54, 1.807) is 26.1 Å². The Morgan fingerprint density at radius 1 is 1.48 bits per heavy atom. The smallest absolute Gasteiger partial charge is 0.343 e. The van der Waals surface area contributed by atoms with Gasteiger partial charge in [-0.05, 0) is 44.7 Å². The second-order valence-electron chi connectivity index (χ2n) is 7.04. The minimum Gasteiger partial charge on any atom is -0.462 e. The molecule has 9 heteroatoms. The fraction of sp³-hybridized carbons (Fsp3) is 0.364. The first-order chi connectivity index (χ1) is 14.9. The van der Waals surface area contributed by atoms with E-state index in [1.807, 2.05) is 4.90 Å². The zero-order chi connectivity index (χ0) is 22.4. The van der Waals surface area contributed by atoms with Gasteiger partial charge in [-0.15, -0.1) is 0 Å². The molecular formula is C22H25FN6O2. The summed E-state index contributed by atoms with van der Waals surface area (Å²) in [5.74, 6) is 5.56. The number of ether oxygens (including phenoxy) is 1. The van der Waals surface area contributed by atoms with Crippen LogP contribution in [0.2, 0.25) is 0 Å². The van der Waals surface area contributed by atoms with Gasteiger partial charge in [0.05, 0.1) is 24.9 Å². The standard InChI is InChI=1S/C22H25FN6O2/c1-3-31-22(30)17(12-24)21-26-9-8-20(28-21)29-10-4-5-19(29)16-11-15(23)13-27-18(16)7-6-14(2)25/h8-9,11-14,19H,3-5,10,24-25H2,1-2H3. The number of carbonyl (C=O) groups is 1. The number of pyridine rings is 1. The van der Waals surface area contributed by atoms with Gasteiger partial charge in [-0.3, -0.25) is 0 Å². The minimum absolute atomic E-state index is 0.0790. The van der Waals surface area contributed by atoms with Crippen LogP contribution in [0.3, 0.4) is 0 Å². The van der Waals surface area contributed by atoms with Gasteiger partial charge in [-0.25, -0.2) is 24.1 Å². The van der Waals surface area contributed by atoms with Crippen LogP contribution < -0.4 is 16.4 Å². The van der Waals surface area contributed by atoms with Crippen LogP contribution in [0.5, 0.6) is 0 Å². The number of halogens is 1. The minimum atomic E-state index is -0.595. The number of esters is 1. The molecule has 3 rings (SSSR count). The van der Waals surface area contributed by atoms with Crippen molar-refractivity contribution in [3.05, 3.63) is 53.6 Å². The van der Waals surface area contributed by atoms with Gasteiger partial charge in [-0.1, -0.05) is 5.92 Å². The lowest BCUT2D eigenvalue weighted by Crippen LogP contribution is -2.25. The summed E-state index contributed by atoms with van der Waals surface area (Å²) in [6.07, 6.45) is 5.48. The van der Waals surface area contributed by atoms with E-state index >= 15 is 0 Å². The van der Waals surface area contributed by atoms with E-state index in [9.17, 15) is 9.18 Å². The van der Waals surface area contributed by atoms with Crippen LogP contribution >= 0.6 is 0 Å². The molecule has 3 heterocycles. The lowest BCUT2D eigenvalue weighted by atomic mass is 10.0. The molecule has 2 aromatic heterocycles. The van der Waals surface area contributed by atoms with Crippen molar-refractivity contribution in [3.8, 4) is 11.8 Å². The van der Waals surface area contributed by atoms with Gasteiger partial charge in [0.2, 0.25) is 0 Å². The zero-order valence-electron chi connectivity index (χ0n) is 17.5. The highest BCUT2D eigenvalue weighted by Gasteiger charge is 2.30. The Morgan fingerprint density at radius 3 is 3.00 bits per heavy atom. The van der Waals surface area contributed by atoms with Gasteiger partial charge in [0, 0.05) is 24.5 Å². The number of anilines is 1. The quantitative estimate of drug-likeness (QED) is 0.424. The highest BCUT2D eigenvalue weighted by molar-refractivity contribution is 6.15. The lowest BCUT2D eigenvalue weighted by Gasteiger charge is -2.27. The van der Waals surface area contributed by atoms with Crippen LogP contribution in [-0.2, 0) is 9.53 Å². The molecule has 2 atom stereocenters. The molecule has 1 aliphatic heterocycles. The van der Waals surface area contributed by atoms with Gasteiger partial charge < -0.3 is 21.1 Å². The number of nitrogens with two attached hydrogens (primary N) is 2. The molecule has 1 aliphatic rings. The molecule has 2 unspecified atom stereocenters. The molecule has 162 valence electrons. The van der Waals surface area contributed by atoms with E-state index in [4.69, 9.17) is 16.2 Å². The van der Waals surface area contributed by atoms with E-state index in [1.165, 1.54) is 6.07 Å². The molecule has 2 aromatic rings. The Bertz CT molecular complexity index is 1040. The summed E-state index contributed by atoms with van der Waals surface area (Å²) >= 11 is 0. The highest BCUT2D eigenvalue weighted by atomic mass is 19.1. The van der Waals surface area contributed by atoms with Crippen LogP contribution in [0.1, 0.15) is 49.8 Å². The maximum Gasteiger partial charge on any atom is 0.343 e. The molecule has 0 saturated carbocycles. The third kappa shape index (κ3) is 5.16. The number of carbonyl (C=O) groups excluding carboxylic acids is 1. The van der Waals surface area contributed by atoms with Crippen molar-refractivity contribution in [1.82, 2.24) is 15.0 Å². The first-order valence-electron chi connectivity index (χ1n) is 10.1. The van der Waals surface area contributed by atoms with Crippen molar-refractivity contribution in [2.75, 3.05) is 18.1 Å². The maximum absolute atomic E-state index is 14.1. The van der Waals surface area contributed by atoms with Crippen molar-refractivity contribution >= 4 is 17.4 Å². The highest BCUT2D eigenvalue weighted by Crippen LogP contribution is 2.36.